The number of rotatable bonds is 8. The Morgan fingerprint density at radius 3 is 2.94 bits per heavy atom. The van der Waals surface area contributed by atoms with Gasteiger partial charge in [0, 0.05) is 62.3 Å². The van der Waals surface area contributed by atoms with Crippen LogP contribution in [0.15, 0.2) is 47.5 Å². The van der Waals surface area contributed by atoms with E-state index in [1.807, 2.05) is 23.1 Å². The Labute approximate surface area is 188 Å². The molecule has 170 valence electrons. The lowest BCUT2D eigenvalue weighted by atomic mass is 10.0. The first-order chi connectivity index (χ1) is 15.6. The van der Waals surface area contributed by atoms with E-state index in [1.54, 1.807) is 31.7 Å². The monoisotopic (exact) mass is 437 g/mol. The van der Waals surface area contributed by atoms with E-state index in [0.717, 1.165) is 37.1 Å². The van der Waals surface area contributed by atoms with Crippen molar-refractivity contribution >= 4 is 11.6 Å². The summed E-state index contributed by atoms with van der Waals surface area (Å²) in [4.78, 5) is 36.7. The molecule has 2 aromatic heterocycles. The maximum atomic E-state index is 12.9. The Morgan fingerprint density at radius 2 is 2.19 bits per heavy atom. The number of aromatic amines is 1. The summed E-state index contributed by atoms with van der Waals surface area (Å²) in [5.74, 6) is 1.11. The number of likely N-dealkylation sites (tertiary alicyclic amines) is 1. The first-order valence-corrected chi connectivity index (χ1v) is 11.2. The smallest absolute Gasteiger partial charge is 0.271 e. The number of carbonyl (C=O) groups is 1. The number of anilines is 1. The van der Waals surface area contributed by atoms with Gasteiger partial charge in [0.1, 0.15) is 5.69 Å². The van der Waals surface area contributed by atoms with Crippen molar-refractivity contribution < 1.29 is 9.53 Å². The minimum Gasteiger partial charge on any atom is -0.481 e. The third-order valence-corrected chi connectivity index (χ3v) is 6.17. The van der Waals surface area contributed by atoms with Crippen molar-refractivity contribution in [2.45, 2.75) is 31.7 Å². The van der Waals surface area contributed by atoms with Crippen LogP contribution in [0, 0.1) is 5.92 Å². The fraction of sp³-hybridized carbons (Fsp3) is 0.458. The second-order valence-electron chi connectivity index (χ2n) is 8.50. The summed E-state index contributed by atoms with van der Waals surface area (Å²) in [5.41, 5.74) is 7.87. The van der Waals surface area contributed by atoms with Gasteiger partial charge >= 0.3 is 0 Å². The number of methoxy groups -OCH3 is 1. The van der Waals surface area contributed by atoms with Crippen LogP contribution in [0.2, 0.25) is 0 Å². The topological polar surface area (TPSA) is 105 Å². The van der Waals surface area contributed by atoms with Crippen molar-refractivity contribution in [2.24, 2.45) is 11.7 Å². The molecule has 3 N–H and O–H groups in total. The van der Waals surface area contributed by atoms with Gasteiger partial charge in [-0.2, -0.15) is 0 Å². The minimum absolute atomic E-state index is 0.0157. The van der Waals surface area contributed by atoms with E-state index < -0.39 is 0 Å². The molecule has 1 aliphatic carbocycles. The van der Waals surface area contributed by atoms with Crippen molar-refractivity contribution in [2.75, 3.05) is 38.2 Å². The number of nitrogens with two attached hydrogens (primary N) is 1. The molecule has 2 aromatic rings. The molecule has 2 aliphatic rings. The highest BCUT2D eigenvalue weighted by Gasteiger charge is 2.33. The van der Waals surface area contributed by atoms with Gasteiger partial charge < -0.3 is 25.3 Å². The molecule has 0 radical (unpaired) electrons. The SMILES string of the molecule is COc1cc(-c2c[nH]c(=O)c(N(CC3CC3)[C@H]3CCCN(C(=O)C=CCN)C3)c2)ccn1. The largest absolute Gasteiger partial charge is 0.481 e. The third-order valence-electron chi connectivity index (χ3n) is 6.17. The molecule has 8 nitrogen and oxygen atoms in total. The van der Waals surface area contributed by atoms with Crippen molar-refractivity contribution in [3.05, 3.63) is 53.1 Å². The Kier molecular flexibility index (Phi) is 6.90. The highest BCUT2D eigenvalue weighted by atomic mass is 16.5. The molecule has 0 aromatic carbocycles. The number of amides is 1. The molecule has 1 amide bonds. The van der Waals surface area contributed by atoms with E-state index in [-0.39, 0.29) is 17.5 Å². The van der Waals surface area contributed by atoms with Gasteiger partial charge in [-0.1, -0.05) is 6.08 Å². The predicted molar refractivity (Wildman–Crippen MR) is 125 cm³/mol. The van der Waals surface area contributed by atoms with E-state index in [4.69, 9.17) is 10.5 Å². The minimum atomic E-state index is -0.109. The van der Waals surface area contributed by atoms with Gasteiger partial charge in [-0.25, -0.2) is 4.98 Å². The number of nitrogens with one attached hydrogen (secondary N) is 1. The zero-order chi connectivity index (χ0) is 22.5. The fourth-order valence-electron chi connectivity index (χ4n) is 4.26. The zero-order valence-electron chi connectivity index (χ0n) is 18.5. The molecule has 0 bridgehead atoms. The van der Waals surface area contributed by atoms with E-state index in [1.165, 1.54) is 12.8 Å². The summed E-state index contributed by atoms with van der Waals surface area (Å²) in [6.45, 7) is 2.51. The van der Waals surface area contributed by atoms with Crippen LogP contribution in [-0.4, -0.2) is 60.1 Å². The van der Waals surface area contributed by atoms with Gasteiger partial charge in [0.2, 0.25) is 11.8 Å². The van der Waals surface area contributed by atoms with E-state index in [0.29, 0.717) is 30.6 Å². The molecule has 1 saturated carbocycles. The molecule has 0 spiro atoms. The highest BCUT2D eigenvalue weighted by Crippen LogP contribution is 2.34. The zero-order valence-corrected chi connectivity index (χ0v) is 18.5. The van der Waals surface area contributed by atoms with Crippen LogP contribution < -0.4 is 20.9 Å². The number of H-pyrrole nitrogens is 1. The van der Waals surface area contributed by atoms with Gasteiger partial charge in [-0.05, 0) is 49.3 Å². The van der Waals surface area contributed by atoms with Crippen LogP contribution in [0.4, 0.5) is 5.69 Å². The number of ether oxygens (including phenoxy) is 1. The van der Waals surface area contributed by atoms with Gasteiger partial charge in [0.05, 0.1) is 7.11 Å². The van der Waals surface area contributed by atoms with Crippen LogP contribution in [0.5, 0.6) is 5.88 Å². The highest BCUT2D eigenvalue weighted by molar-refractivity contribution is 5.87. The van der Waals surface area contributed by atoms with E-state index in [9.17, 15) is 9.59 Å². The predicted octanol–water partition coefficient (Wildman–Crippen LogP) is 2.17. The summed E-state index contributed by atoms with van der Waals surface area (Å²) in [5, 5.41) is 0. The lowest BCUT2D eigenvalue weighted by Crippen LogP contribution is -2.51. The number of aromatic nitrogens is 2. The van der Waals surface area contributed by atoms with Crippen LogP contribution in [-0.2, 0) is 4.79 Å². The molecular formula is C24H31N5O3. The number of carbonyl (C=O) groups excluding carboxylic acids is 1. The normalized spacial score (nSPS) is 18.7. The summed E-state index contributed by atoms with van der Waals surface area (Å²) in [7, 11) is 1.58. The molecule has 1 aliphatic heterocycles. The van der Waals surface area contributed by atoms with E-state index in [2.05, 4.69) is 14.9 Å². The maximum absolute atomic E-state index is 12.9. The van der Waals surface area contributed by atoms with Crippen molar-refractivity contribution in [1.29, 1.82) is 0 Å². The summed E-state index contributed by atoms with van der Waals surface area (Å²) >= 11 is 0. The average molecular weight is 438 g/mol. The Hall–Kier alpha value is -3.13. The van der Waals surface area contributed by atoms with Crippen molar-refractivity contribution in [3.63, 3.8) is 0 Å². The molecule has 8 heteroatoms. The van der Waals surface area contributed by atoms with Crippen LogP contribution in [0.1, 0.15) is 25.7 Å². The van der Waals surface area contributed by atoms with Crippen LogP contribution in [0.3, 0.4) is 0 Å². The lowest BCUT2D eigenvalue weighted by molar-refractivity contribution is -0.127. The first-order valence-electron chi connectivity index (χ1n) is 11.2. The first kappa shape index (κ1) is 22.1. The molecule has 2 fully saturated rings. The molecular weight excluding hydrogens is 406 g/mol. The summed E-state index contributed by atoms with van der Waals surface area (Å²) in [6.07, 6.45) is 10.9. The van der Waals surface area contributed by atoms with E-state index >= 15 is 0 Å². The average Bonchev–Trinajstić information content (AvgIpc) is 3.66. The molecule has 0 unspecified atom stereocenters. The molecule has 4 rings (SSSR count). The second kappa shape index (κ2) is 9.99. The van der Waals surface area contributed by atoms with Crippen LogP contribution in [0.25, 0.3) is 11.1 Å². The lowest BCUT2D eigenvalue weighted by Gasteiger charge is -2.40. The number of hydrogen-bond acceptors (Lipinski definition) is 6. The summed E-state index contributed by atoms with van der Waals surface area (Å²) in [6, 6.07) is 5.80. The molecule has 3 heterocycles. The fourth-order valence-corrected chi connectivity index (χ4v) is 4.26. The summed E-state index contributed by atoms with van der Waals surface area (Å²) < 4.78 is 5.25. The Morgan fingerprint density at radius 1 is 1.34 bits per heavy atom. The third kappa shape index (κ3) is 5.19. The van der Waals surface area contributed by atoms with Crippen molar-refractivity contribution in [3.8, 4) is 17.0 Å². The maximum Gasteiger partial charge on any atom is 0.271 e. The number of piperidine rings is 1. The Balaban J connectivity index is 1.63. The molecule has 1 atom stereocenters. The molecule has 1 saturated heterocycles. The standard InChI is InChI=1S/C24H31N5O3/c1-32-22-13-18(8-10-26-22)19-12-21(24(31)27-14-19)29(15-17-6-7-17)20-4-3-11-28(16-20)23(30)5-2-9-25/h2,5,8,10,12-14,17,20H,3-4,6-7,9,11,15-16,25H2,1H3,(H,27,31)/t20-/m0/s1. The van der Waals surface area contributed by atoms with Gasteiger partial charge in [-0.15, -0.1) is 0 Å². The number of nitrogens with zero attached hydrogens (tertiary/aromatic N) is 3. The number of hydrogen-bond donors (Lipinski definition) is 2. The van der Waals surface area contributed by atoms with Gasteiger partial charge in [0.15, 0.2) is 0 Å². The Bertz CT molecular complexity index is 1030. The van der Waals surface area contributed by atoms with Crippen molar-refractivity contribution in [1.82, 2.24) is 14.9 Å². The van der Waals surface area contributed by atoms with Gasteiger partial charge in [-0.3, -0.25) is 9.59 Å². The number of pyridine rings is 2. The van der Waals surface area contributed by atoms with Gasteiger partial charge in [0.25, 0.3) is 5.56 Å². The quantitative estimate of drug-likeness (QED) is 0.614. The molecule has 32 heavy (non-hydrogen) atoms. The van der Waals surface area contributed by atoms with Crippen LogP contribution >= 0.6 is 0 Å². The second-order valence-corrected chi connectivity index (χ2v) is 8.50.